The number of fused-ring (bicyclic) bond motifs is 1. The third-order valence-corrected chi connectivity index (χ3v) is 6.79. The zero-order valence-corrected chi connectivity index (χ0v) is 12.9. The second kappa shape index (κ2) is 4.38. The molecule has 9 heteroatoms. The molecule has 0 aliphatic carbocycles. The fourth-order valence-corrected chi connectivity index (χ4v) is 5.04. The minimum absolute atomic E-state index is 0. The van der Waals surface area contributed by atoms with Crippen molar-refractivity contribution in [3.8, 4) is 0 Å². The topological polar surface area (TPSA) is 94.6 Å². The van der Waals surface area contributed by atoms with E-state index in [-0.39, 0.29) is 41.9 Å². The SMILES string of the molecule is C[C@]1(CCl)[C@H](C(=O)[O-])N2C(=O)C[C@@H]2S1(=O)=O.[Na+]. The third-order valence-electron chi connectivity index (χ3n) is 3.30. The number of amides is 1. The Morgan fingerprint density at radius 3 is 2.53 bits per heavy atom. The van der Waals surface area contributed by atoms with Crippen LogP contribution in [0.5, 0.6) is 0 Å². The number of aliphatic carboxylic acids is 1. The standard InChI is InChI=1S/C8H10ClNO5S.Na/c1-8(3-9)6(7(12)13)10-4(11)2-5(10)16(8,14)15;/h5-6H,2-3H2,1H3,(H,12,13);/q;+1/p-1/t5-,6-,8-;/m0./s1. The predicted octanol–water partition coefficient (Wildman–Crippen LogP) is -4.91. The van der Waals surface area contributed by atoms with E-state index in [1.807, 2.05) is 0 Å². The van der Waals surface area contributed by atoms with Crippen molar-refractivity contribution in [1.29, 1.82) is 0 Å². The van der Waals surface area contributed by atoms with Gasteiger partial charge < -0.3 is 14.8 Å². The number of sulfone groups is 1. The summed E-state index contributed by atoms with van der Waals surface area (Å²) in [5.74, 6) is -2.45. The smallest absolute Gasteiger partial charge is 0.548 e. The molecule has 0 saturated carbocycles. The van der Waals surface area contributed by atoms with E-state index in [1.54, 1.807) is 0 Å². The Balaban J connectivity index is 0.00000144. The maximum absolute atomic E-state index is 12.0. The van der Waals surface area contributed by atoms with Crippen LogP contribution in [-0.2, 0) is 19.4 Å². The van der Waals surface area contributed by atoms with E-state index in [2.05, 4.69) is 0 Å². The molecule has 0 aromatic carbocycles. The summed E-state index contributed by atoms with van der Waals surface area (Å²) >= 11 is 5.57. The average molecular weight is 290 g/mol. The Kier molecular flexibility index (Phi) is 3.92. The number of hydrogen-bond donors (Lipinski definition) is 0. The Morgan fingerprint density at radius 1 is 1.65 bits per heavy atom. The second-order valence-corrected chi connectivity index (χ2v) is 7.01. The van der Waals surface area contributed by atoms with E-state index in [0.717, 1.165) is 4.90 Å². The normalized spacial score (nSPS) is 38.0. The first-order valence-electron chi connectivity index (χ1n) is 4.59. The van der Waals surface area contributed by atoms with Crippen molar-refractivity contribution in [3.05, 3.63) is 0 Å². The van der Waals surface area contributed by atoms with Crippen molar-refractivity contribution >= 4 is 33.3 Å². The molecule has 6 nitrogen and oxygen atoms in total. The van der Waals surface area contributed by atoms with Gasteiger partial charge in [-0.1, -0.05) is 0 Å². The summed E-state index contributed by atoms with van der Waals surface area (Å²) in [7, 11) is -3.75. The molecule has 2 aliphatic heterocycles. The Bertz CT molecular complexity index is 480. The molecule has 0 aromatic heterocycles. The number of nitrogens with zero attached hydrogens (tertiary/aromatic N) is 1. The average Bonchev–Trinajstić information content (AvgIpc) is 2.32. The van der Waals surface area contributed by atoms with Gasteiger partial charge in [0.25, 0.3) is 0 Å². The zero-order chi connectivity index (χ0) is 12.3. The molecule has 2 saturated heterocycles. The van der Waals surface area contributed by atoms with Crippen LogP contribution < -0.4 is 34.7 Å². The molecule has 0 bridgehead atoms. The largest absolute Gasteiger partial charge is 1.00 e. The van der Waals surface area contributed by atoms with Gasteiger partial charge in [-0.15, -0.1) is 11.6 Å². The molecule has 0 aromatic rings. The molecule has 2 heterocycles. The molecule has 2 fully saturated rings. The van der Waals surface area contributed by atoms with Crippen LogP contribution in [0.25, 0.3) is 0 Å². The van der Waals surface area contributed by atoms with Crippen molar-refractivity contribution in [2.24, 2.45) is 0 Å². The van der Waals surface area contributed by atoms with Crippen LogP contribution in [0.2, 0.25) is 0 Å². The molecule has 2 rings (SSSR count). The van der Waals surface area contributed by atoms with Gasteiger partial charge in [-0.25, -0.2) is 8.42 Å². The summed E-state index contributed by atoms with van der Waals surface area (Å²) < 4.78 is 22.3. The van der Waals surface area contributed by atoms with Crippen molar-refractivity contribution in [2.45, 2.75) is 29.5 Å². The molecule has 0 radical (unpaired) electrons. The number of halogens is 1. The summed E-state index contributed by atoms with van der Waals surface area (Å²) in [4.78, 5) is 23.1. The number of carbonyl (C=O) groups excluding carboxylic acids is 2. The Hall–Kier alpha value is 0.180. The van der Waals surface area contributed by atoms with Gasteiger partial charge in [-0.3, -0.25) is 4.79 Å². The van der Waals surface area contributed by atoms with Gasteiger partial charge in [0.2, 0.25) is 5.91 Å². The van der Waals surface area contributed by atoms with Crippen LogP contribution in [0.15, 0.2) is 0 Å². The number of carbonyl (C=O) groups is 2. The van der Waals surface area contributed by atoms with Crippen LogP contribution in [-0.4, -0.2) is 47.2 Å². The van der Waals surface area contributed by atoms with Gasteiger partial charge in [0, 0.05) is 5.88 Å². The third kappa shape index (κ3) is 1.67. The van der Waals surface area contributed by atoms with Crippen LogP contribution in [0.4, 0.5) is 0 Å². The van der Waals surface area contributed by atoms with Crippen molar-refractivity contribution in [3.63, 3.8) is 0 Å². The predicted molar refractivity (Wildman–Crippen MR) is 52.1 cm³/mol. The summed E-state index contributed by atoms with van der Waals surface area (Å²) in [5, 5.41) is 9.92. The molecule has 2 aliphatic rings. The molecule has 0 unspecified atom stereocenters. The van der Waals surface area contributed by atoms with E-state index >= 15 is 0 Å². The van der Waals surface area contributed by atoms with Crippen LogP contribution >= 0.6 is 11.6 Å². The van der Waals surface area contributed by atoms with E-state index in [4.69, 9.17) is 11.6 Å². The zero-order valence-electron chi connectivity index (χ0n) is 9.34. The minimum atomic E-state index is -3.75. The van der Waals surface area contributed by atoms with Crippen LogP contribution in [0.1, 0.15) is 13.3 Å². The van der Waals surface area contributed by atoms with Gasteiger partial charge in [0.05, 0.1) is 18.4 Å². The molecular formula is C8H9ClNNaO5S. The first kappa shape index (κ1) is 15.2. The molecule has 3 atom stereocenters. The molecule has 0 N–H and O–H groups in total. The number of carboxylic acid groups (broad SMARTS) is 1. The monoisotopic (exact) mass is 289 g/mol. The maximum Gasteiger partial charge on any atom is 1.00 e. The fraction of sp³-hybridized carbons (Fsp3) is 0.750. The molecule has 90 valence electrons. The first-order chi connectivity index (χ1) is 7.27. The van der Waals surface area contributed by atoms with E-state index < -0.39 is 37.9 Å². The number of carboxylic acids is 1. The molecule has 17 heavy (non-hydrogen) atoms. The number of alkyl halides is 1. The first-order valence-corrected chi connectivity index (χ1v) is 6.67. The van der Waals surface area contributed by atoms with Gasteiger partial charge in [0.1, 0.15) is 10.1 Å². The van der Waals surface area contributed by atoms with Crippen LogP contribution in [0, 0.1) is 0 Å². The quantitative estimate of drug-likeness (QED) is 0.288. The van der Waals surface area contributed by atoms with Gasteiger partial charge in [0.15, 0.2) is 9.84 Å². The molecule has 0 spiro atoms. The van der Waals surface area contributed by atoms with Gasteiger partial charge >= 0.3 is 29.6 Å². The minimum Gasteiger partial charge on any atom is -0.548 e. The molecular weight excluding hydrogens is 281 g/mol. The molecule has 1 amide bonds. The van der Waals surface area contributed by atoms with Crippen molar-refractivity contribution in [1.82, 2.24) is 4.90 Å². The number of hydrogen-bond acceptors (Lipinski definition) is 5. The Morgan fingerprint density at radius 2 is 2.18 bits per heavy atom. The van der Waals surface area contributed by atoms with E-state index in [0.29, 0.717) is 0 Å². The van der Waals surface area contributed by atoms with Crippen LogP contribution in [0.3, 0.4) is 0 Å². The summed E-state index contributed by atoms with van der Waals surface area (Å²) in [5.41, 5.74) is 0. The summed E-state index contributed by atoms with van der Waals surface area (Å²) in [6, 6.07) is -1.48. The maximum atomic E-state index is 12.0. The summed E-state index contributed by atoms with van der Waals surface area (Å²) in [6.07, 6.45) is -0.168. The van der Waals surface area contributed by atoms with Gasteiger partial charge in [-0.2, -0.15) is 0 Å². The second-order valence-electron chi connectivity index (χ2n) is 4.17. The van der Waals surface area contributed by atoms with E-state index in [9.17, 15) is 23.1 Å². The number of rotatable bonds is 2. The van der Waals surface area contributed by atoms with Crippen molar-refractivity contribution in [2.75, 3.05) is 5.88 Å². The Labute approximate surface area is 126 Å². The van der Waals surface area contributed by atoms with Crippen molar-refractivity contribution < 1.29 is 52.7 Å². The van der Waals surface area contributed by atoms with Gasteiger partial charge in [-0.05, 0) is 6.92 Å². The number of β-lactam (4-membered cyclic amide) rings is 1. The summed E-state index contributed by atoms with van der Waals surface area (Å²) in [6.45, 7) is 1.24. The fourth-order valence-electron chi connectivity index (χ4n) is 2.24. The van der Waals surface area contributed by atoms with E-state index in [1.165, 1.54) is 6.92 Å².